The van der Waals surface area contributed by atoms with E-state index < -0.39 is 0 Å². The Morgan fingerprint density at radius 3 is 2.89 bits per heavy atom. The molecule has 0 bridgehead atoms. The fourth-order valence-corrected chi connectivity index (χ4v) is 3.20. The molecule has 0 atom stereocenters. The first kappa shape index (κ1) is 14.3. The monoisotopic (exact) mass is 280 g/mol. The molecular formula is C14H24N4S. The molecule has 0 spiro atoms. The zero-order valence-corrected chi connectivity index (χ0v) is 12.7. The number of nitrogens with zero attached hydrogens (tertiary/aromatic N) is 2. The summed E-state index contributed by atoms with van der Waals surface area (Å²) in [5.74, 6) is 0.929. The van der Waals surface area contributed by atoms with E-state index in [1.54, 1.807) is 4.88 Å². The highest BCUT2D eigenvalue weighted by molar-refractivity contribution is 7.10. The molecule has 0 saturated heterocycles. The third kappa shape index (κ3) is 4.21. The fraction of sp³-hybridized carbons (Fsp3) is 0.643. The number of guanidine groups is 1. The lowest BCUT2D eigenvalue weighted by Crippen LogP contribution is -2.38. The Balaban J connectivity index is 1.78. The van der Waals surface area contributed by atoms with E-state index in [9.17, 15) is 0 Å². The van der Waals surface area contributed by atoms with Gasteiger partial charge in [-0.2, -0.15) is 0 Å². The molecule has 2 heterocycles. The lowest BCUT2D eigenvalue weighted by molar-refractivity contribution is 0.263. The Morgan fingerprint density at radius 2 is 2.16 bits per heavy atom. The summed E-state index contributed by atoms with van der Waals surface area (Å²) in [5.41, 5.74) is 1.51. The number of aliphatic imine (C=N–C) groups is 1. The average Bonchev–Trinajstić information content (AvgIpc) is 2.86. The smallest absolute Gasteiger partial charge is 0.191 e. The van der Waals surface area contributed by atoms with Crippen molar-refractivity contribution < 1.29 is 0 Å². The number of hydrogen-bond donors (Lipinski definition) is 2. The number of thiophene rings is 1. The predicted molar refractivity (Wildman–Crippen MR) is 83.0 cm³/mol. The summed E-state index contributed by atoms with van der Waals surface area (Å²) in [6, 6.07) is 2.26. The van der Waals surface area contributed by atoms with Crippen LogP contribution in [0.4, 0.5) is 0 Å². The lowest BCUT2D eigenvalue weighted by atomic mass is 10.1. The largest absolute Gasteiger partial charge is 0.357 e. The molecule has 0 aliphatic carbocycles. The van der Waals surface area contributed by atoms with Gasteiger partial charge >= 0.3 is 0 Å². The molecular weight excluding hydrogens is 256 g/mol. The molecule has 0 amide bonds. The van der Waals surface area contributed by atoms with Crippen molar-refractivity contribution in [3.63, 3.8) is 0 Å². The van der Waals surface area contributed by atoms with Gasteiger partial charge in [-0.05, 0) is 37.3 Å². The highest BCUT2D eigenvalue weighted by Gasteiger charge is 2.16. The van der Waals surface area contributed by atoms with Crippen LogP contribution in [0.3, 0.4) is 0 Å². The van der Waals surface area contributed by atoms with Gasteiger partial charge in [-0.25, -0.2) is 0 Å². The van der Waals surface area contributed by atoms with Crippen molar-refractivity contribution in [1.29, 1.82) is 0 Å². The van der Waals surface area contributed by atoms with Crippen LogP contribution in [-0.2, 0) is 13.0 Å². The van der Waals surface area contributed by atoms with Crippen LogP contribution in [0.25, 0.3) is 0 Å². The number of nitrogens with one attached hydrogen (secondary N) is 2. The second-order valence-electron chi connectivity index (χ2n) is 4.69. The Labute approximate surface area is 119 Å². The van der Waals surface area contributed by atoms with Crippen molar-refractivity contribution in [2.45, 2.75) is 26.8 Å². The van der Waals surface area contributed by atoms with Gasteiger partial charge in [0.25, 0.3) is 0 Å². The van der Waals surface area contributed by atoms with Gasteiger partial charge in [0.1, 0.15) is 0 Å². The Morgan fingerprint density at radius 1 is 1.37 bits per heavy atom. The van der Waals surface area contributed by atoms with E-state index >= 15 is 0 Å². The molecule has 106 valence electrons. The first-order valence-corrected chi connectivity index (χ1v) is 8.01. The lowest BCUT2D eigenvalue weighted by Gasteiger charge is -2.26. The van der Waals surface area contributed by atoms with Crippen LogP contribution >= 0.6 is 11.3 Å². The van der Waals surface area contributed by atoms with Gasteiger partial charge in [0.2, 0.25) is 0 Å². The Kier molecular flexibility index (Phi) is 5.66. The third-order valence-corrected chi connectivity index (χ3v) is 4.28. The van der Waals surface area contributed by atoms with Gasteiger partial charge < -0.3 is 10.6 Å². The summed E-state index contributed by atoms with van der Waals surface area (Å²) in [4.78, 5) is 8.66. The van der Waals surface area contributed by atoms with Crippen LogP contribution < -0.4 is 10.6 Å². The summed E-state index contributed by atoms with van der Waals surface area (Å²) in [7, 11) is 0. The van der Waals surface area contributed by atoms with Crippen LogP contribution in [0.1, 0.15) is 24.3 Å². The minimum Gasteiger partial charge on any atom is -0.357 e. The van der Waals surface area contributed by atoms with Crippen molar-refractivity contribution in [2.75, 3.05) is 32.7 Å². The fourth-order valence-electron chi connectivity index (χ4n) is 2.31. The molecule has 1 aromatic heterocycles. The number of rotatable bonds is 5. The standard InChI is InChI=1S/C14H24N4S/c1-3-15-14(16-4-2)17-7-9-18-8-5-13-12(11-18)6-10-19-13/h6,10H,3-5,7-9,11H2,1-2H3,(H2,15,16,17). The maximum Gasteiger partial charge on any atom is 0.191 e. The quantitative estimate of drug-likeness (QED) is 0.637. The molecule has 2 N–H and O–H groups in total. The number of hydrogen-bond acceptors (Lipinski definition) is 3. The normalized spacial score (nSPS) is 14.8. The maximum atomic E-state index is 4.60. The van der Waals surface area contributed by atoms with Crippen molar-refractivity contribution >= 4 is 17.3 Å². The summed E-state index contributed by atoms with van der Waals surface area (Å²) < 4.78 is 0. The Bertz CT molecular complexity index is 405. The highest BCUT2D eigenvalue weighted by Crippen LogP contribution is 2.23. The van der Waals surface area contributed by atoms with E-state index in [1.165, 1.54) is 18.5 Å². The van der Waals surface area contributed by atoms with Crippen LogP contribution in [0.2, 0.25) is 0 Å². The van der Waals surface area contributed by atoms with Gasteiger partial charge in [-0.1, -0.05) is 0 Å². The second kappa shape index (κ2) is 7.50. The minimum absolute atomic E-state index is 0.856. The van der Waals surface area contributed by atoms with E-state index in [1.807, 2.05) is 11.3 Å². The van der Waals surface area contributed by atoms with E-state index in [-0.39, 0.29) is 0 Å². The van der Waals surface area contributed by atoms with Gasteiger partial charge in [0.05, 0.1) is 6.54 Å². The summed E-state index contributed by atoms with van der Waals surface area (Å²) in [6.07, 6.45) is 1.20. The van der Waals surface area contributed by atoms with Crippen LogP contribution in [-0.4, -0.2) is 43.6 Å². The summed E-state index contributed by atoms with van der Waals surface area (Å²) >= 11 is 1.90. The van der Waals surface area contributed by atoms with Crippen molar-refractivity contribution in [3.05, 3.63) is 21.9 Å². The molecule has 5 heteroatoms. The molecule has 0 saturated carbocycles. The van der Waals surface area contributed by atoms with Gasteiger partial charge in [-0.15, -0.1) is 11.3 Å². The molecule has 1 aliphatic heterocycles. The van der Waals surface area contributed by atoms with Gasteiger partial charge in [0, 0.05) is 37.6 Å². The third-order valence-electron chi connectivity index (χ3n) is 3.26. The molecule has 0 aromatic carbocycles. The summed E-state index contributed by atoms with van der Waals surface area (Å²) in [6.45, 7) is 10.2. The molecule has 0 radical (unpaired) electrons. The second-order valence-corrected chi connectivity index (χ2v) is 5.69. The molecule has 0 fully saturated rings. The molecule has 0 unspecified atom stereocenters. The topological polar surface area (TPSA) is 39.7 Å². The van der Waals surface area contributed by atoms with E-state index in [0.29, 0.717) is 0 Å². The minimum atomic E-state index is 0.856. The molecule has 2 rings (SSSR count). The summed E-state index contributed by atoms with van der Waals surface area (Å²) in [5, 5.41) is 8.72. The zero-order chi connectivity index (χ0) is 13.5. The first-order chi connectivity index (χ1) is 9.33. The van der Waals surface area contributed by atoms with E-state index in [2.05, 4.69) is 45.8 Å². The predicted octanol–water partition coefficient (Wildman–Crippen LogP) is 1.68. The van der Waals surface area contributed by atoms with Crippen molar-refractivity contribution in [3.8, 4) is 0 Å². The molecule has 1 aliphatic rings. The van der Waals surface area contributed by atoms with Gasteiger partial charge in [-0.3, -0.25) is 9.89 Å². The van der Waals surface area contributed by atoms with Gasteiger partial charge in [0.15, 0.2) is 5.96 Å². The van der Waals surface area contributed by atoms with Crippen LogP contribution in [0.15, 0.2) is 16.4 Å². The van der Waals surface area contributed by atoms with E-state index in [4.69, 9.17) is 0 Å². The average molecular weight is 280 g/mol. The van der Waals surface area contributed by atoms with E-state index in [0.717, 1.165) is 38.7 Å². The van der Waals surface area contributed by atoms with Crippen LogP contribution in [0, 0.1) is 0 Å². The Hall–Kier alpha value is -1.07. The molecule has 19 heavy (non-hydrogen) atoms. The molecule has 4 nitrogen and oxygen atoms in total. The number of fused-ring (bicyclic) bond motifs is 1. The SMILES string of the molecule is CCNC(=NCCN1CCc2sccc2C1)NCC. The highest BCUT2D eigenvalue weighted by atomic mass is 32.1. The molecule has 1 aromatic rings. The van der Waals surface area contributed by atoms with Crippen molar-refractivity contribution in [1.82, 2.24) is 15.5 Å². The van der Waals surface area contributed by atoms with Crippen LogP contribution in [0.5, 0.6) is 0 Å². The zero-order valence-electron chi connectivity index (χ0n) is 11.9. The van der Waals surface area contributed by atoms with Crippen molar-refractivity contribution in [2.24, 2.45) is 4.99 Å². The first-order valence-electron chi connectivity index (χ1n) is 7.13. The maximum absolute atomic E-state index is 4.60.